The first-order valence-electron chi connectivity index (χ1n) is 7.35. The van der Waals surface area contributed by atoms with Crippen LogP contribution in [0.15, 0.2) is 42.0 Å². The molecule has 0 spiro atoms. The van der Waals surface area contributed by atoms with E-state index in [0.717, 1.165) is 0 Å². The number of carbonyl (C=O) groups excluding carboxylic acids is 1. The summed E-state index contributed by atoms with van der Waals surface area (Å²) in [5.74, 6) is -0.855. The van der Waals surface area contributed by atoms with Gasteiger partial charge in [0.15, 0.2) is 11.5 Å². The van der Waals surface area contributed by atoms with Crippen LogP contribution >= 0.6 is 23.2 Å². The van der Waals surface area contributed by atoms with E-state index in [2.05, 4.69) is 10.1 Å². The molecular formula is C18H12Cl2F2N2O3. The zero-order valence-electron chi connectivity index (χ0n) is 13.8. The minimum absolute atomic E-state index is 0.0274. The Labute approximate surface area is 163 Å². The van der Waals surface area contributed by atoms with Crippen LogP contribution in [-0.4, -0.2) is 19.6 Å². The molecule has 2 aromatic rings. The molecule has 0 bridgehead atoms. The summed E-state index contributed by atoms with van der Waals surface area (Å²) < 4.78 is 34.0. The number of ether oxygens (including phenoxy) is 2. The third-order valence-electron chi connectivity index (χ3n) is 3.26. The third kappa shape index (κ3) is 5.58. The van der Waals surface area contributed by atoms with Gasteiger partial charge in [-0.1, -0.05) is 29.3 Å². The molecule has 9 heteroatoms. The number of benzene rings is 2. The van der Waals surface area contributed by atoms with E-state index in [9.17, 15) is 18.8 Å². The Morgan fingerprint density at radius 2 is 1.96 bits per heavy atom. The van der Waals surface area contributed by atoms with Crippen molar-refractivity contribution in [2.75, 3.05) is 12.4 Å². The number of hydrogen-bond donors (Lipinski definition) is 1. The Bertz CT molecular complexity index is 927. The monoisotopic (exact) mass is 412 g/mol. The van der Waals surface area contributed by atoms with Crippen LogP contribution in [0.5, 0.6) is 11.5 Å². The fourth-order valence-corrected chi connectivity index (χ4v) is 2.40. The van der Waals surface area contributed by atoms with Gasteiger partial charge in [-0.2, -0.15) is 14.0 Å². The lowest BCUT2D eigenvalue weighted by Gasteiger charge is -2.10. The summed E-state index contributed by atoms with van der Waals surface area (Å²) in [6.07, 6.45) is 1.27. The molecule has 0 fully saturated rings. The number of nitriles is 1. The zero-order chi connectivity index (χ0) is 20.0. The Kier molecular flexibility index (Phi) is 6.99. The average molecular weight is 413 g/mol. The number of nitrogens with zero attached hydrogens (tertiary/aromatic N) is 1. The van der Waals surface area contributed by atoms with Crippen molar-refractivity contribution in [2.45, 2.75) is 6.61 Å². The van der Waals surface area contributed by atoms with E-state index in [1.165, 1.54) is 43.5 Å². The van der Waals surface area contributed by atoms with Gasteiger partial charge in [-0.25, -0.2) is 0 Å². The number of methoxy groups -OCH3 is 1. The van der Waals surface area contributed by atoms with Crippen molar-refractivity contribution < 1.29 is 23.0 Å². The molecule has 0 saturated heterocycles. The first-order valence-corrected chi connectivity index (χ1v) is 8.10. The highest BCUT2D eigenvalue weighted by Gasteiger charge is 2.14. The van der Waals surface area contributed by atoms with Gasteiger partial charge in [0.1, 0.15) is 11.6 Å². The number of rotatable bonds is 6. The summed E-state index contributed by atoms with van der Waals surface area (Å²) in [5, 5.41) is 12.4. The summed E-state index contributed by atoms with van der Waals surface area (Å²) in [4.78, 5) is 12.3. The van der Waals surface area contributed by atoms with Crippen LogP contribution in [0.1, 0.15) is 5.56 Å². The van der Waals surface area contributed by atoms with Crippen LogP contribution in [-0.2, 0) is 4.79 Å². The number of amides is 1. The van der Waals surface area contributed by atoms with E-state index in [1.807, 2.05) is 0 Å². The molecule has 140 valence electrons. The van der Waals surface area contributed by atoms with E-state index < -0.39 is 12.5 Å². The highest BCUT2D eigenvalue weighted by molar-refractivity contribution is 6.36. The molecule has 0 saturated carbocycles. The lowest BCUT2D eigenvalue weighted by molar-refractivity contribution is -0.112. The van der Waals surface area contributed by atoms with Gasteiger partial charge < -0.3 is 14.8 Å². The quantitative estimate of drug-likeness (QED) is 0.525. The van der Waals surface area contributed by atoms with Crippen molar-refractivity contribution in [1.29, 1.82) is 5.26 Å². The zero-order valence-corrected chi connectivity index (χ0v) is 15.3. The predicted molar refractivity (Wildman–Crippen MR) is 98.3 cm³/mol. The number of carbonyl (C=O) groups is 1. The van der Waals surface area contributed by atoms with Crippen LogP contribution in [0.2, 0.25) is 10.0 Å². The maximum Gasteiger partial charge on any atom is 0.387 e. The van der Waals surface area contributed by atoms with Gasteiger partial charge >= 0.3 is 6.61 Å². The molecular weight excluding hydrogens is 401 g/mol. The first-order chi connectivity index (χ1) is 12.8. The minimum atomic E-state index is -3.01. The van der Waals surface area contributed by atoms with E-state index in [1.54, 1.807) is 12.1 Å². The van der Waals surface area contributed by atoms with E-state index in [4.69, 9.17) is 27.9 Å². The minimum Gasteiger partial charge on any atom is -0.493 e. The molecule has 0 aromatic heterocycles. The molecule has 1 N–H and O–H groups in total. The predicted octanol–water partition coefficient (Wildman–Crippen LogP) is 5.15. The first kappa shape index (κ1) is 20.5. The van der Waals surface area contributed by atoms with Gasteiger partial charge in [0.05, 0.1) is 17.8 Å². The Morgan fingerprint density at radius 3 is 2.59 bits per heavy atom. The molecule has 0 aliphatic carbocycles. The molecule has 0 radical (unpaired) electrons. The lowest BCUT2D eigenvalue weighted by Crippen LogP contribution is -2.13. The van der Waals surface area contributed by atoms with E-state index in [0.29, 0.717) is 10.6 Å². The summed E-state index contributed by atoms with van der Waals surface area (Å²) in [7, 11) is 1.28. The number of alkyl halides is 2. The molecule has 0 aliphatic heterocycles. The fraction of sp³-hybridized carbons (Fsp3) is 0.111. The van der Waals surface area contributed by atoms with E-state index in [-0.39, 0.29) is 27.8 Å². The summed E-state index contributed by atoms with van der Waals surface area (Å²) in [5.41, 5.74) is 0.376. The number of halogens is 4. The molecule has 2 rings (SSSR count). The van der Waals surface area contributed by atoms with Crippen molar-refractivity contribution >= 4 is 40.9 Å². The fourth-order valence-electron chi connectivity index (χ4n) is 2.07. The normalized spacial score (nSPS) is 11.1. The van der Waals surface area contributed by atoms with Crippen molar-refractivity contribution in [3.63, 3.8) is 0 Å². The summed E-state index contributed by atoms with van der Waals surface area (Å²) in [6, 6.07) is 10.3. The average Bonchev–Trinajstić information content (AvgIpc) is 2.63. The van der Waals surface area contributed by atoms with E-state index >= 15 is 0 Å². The highest BCUT2D eigenvalue weighted by Crippen LogP contribution is 2.30. The van der Waals surface area contributed by atoms with Gasteiger partial charge in [0.2, 0.25) is 0 Å². The highest BCUT2D eigenvalue weighted by atomic mass is 35.5. The van der Waals surface area contributed by atoms with Crippen LogP contribution in [0.4, 0.5) is 14.5 Å². The maximum absolute atomic E-state index is 12.4. The van der Waals surface area contributed by atoms with Gasteiger partial charge in [-0.3, -0.25) is 4.79 Å². The molecule has 5 nitrogen and oxygen atoms in total. The maximum atomic E-state index is 12.4. The largest absolute Gasteiger partial charge is 0.493 e. The standard InChI is InChI=1S/C18H12Cl2F2N2O3/c1-26-16-7-10(2-5-15(16)27-18(21)22)6-11(9-23)17(25)24-14-8-12(19)3-4-13(14)20/h2-8,18H,1H3,(H,24,25)/b11-6+. The van der Waals surface area contributed by atoms with Crippen molar-refractivity contribution in [1.82, 2.24) is 0 Å². The Morgan fingerprint density at radius 1 is 1.22 bits per heavy atom. The molecule has 0 atom stereocenters. The summed E-state index contributed by atoms with van der Waals surface area (Å²) in [6.45, 7) is -3.01. The Hall–Kier alpha value is -2.82. The molecule has 0 aliphatic rings. The SMILES string of the molecule is COc1cc(/C=C(\C#N)C(=O)Nc2cc(Cl)ccc2Cl)ccc1OC(F)F. The summed E-state index contributed by atoms with van der Waals surface area (Å²) >= 11 is 11.8. The molecule has 2 aromatic carbocycles. The lowest BCUT2D eigenvalue weighted by atomic mass is 10.1. The van der Waals surface area contributed by atoms with Crippen LogP contribution in [0, 0.1) is 11.3 Å². The molecule has 0 unspecified atom stereocenters. The molecule has 0 heterocycles. The number of nitrogens with one attached hydrogen (secondary N) is 1. The second-order valence-corrected chi connectivity index (χ2v) is 5.88. The Balaban J connectivity index is 2.28. The third-order valence-corrected chi connectivity index (χ3v) is 3.82. The van der Waals surface area contributed by atoms with Crippen molar-refractivity contribution in [3.05, 3.63) is 57.6 Å². The van der Waals surface area contributed by atoms with Crippen LogP contribution in [0.3, 0.4) is 0 Å². The second-order valence-electron chi connectivity index (χ2n) is 5.04. The van der Waals surface area contributed by atoms with Gasteiger partial charge in [-0.15, -0.1) is 0 Å². The topological polar surface area (TPSA) is 71.3 Å². The van der Waals surface area contributed by atoms with Gasteiger partial charge in [0.25, 0.3) is 5.91 Å². The van der Waals surface area contributed by atoms with Crippen molar-refractivity contribution in [2.24, 2.45) is 0 Å². The smallest absolute Gasteiger partial charge is 0.387 e. The number of hydrogen-bond acceptors (Lipinski definition) is 4. The van der Waals surface area contributed by atoms with Gasteiger partial charge in [0, 0.05) is 5.02 Å². The van der Waals surface area contributed by atoms with Crippen LogP contribution < -0.4 is 14.8 Å². The number of anilines is 1. The van der Waals surface area contributed by atoms with Crippen LogP contribution in [0.25, 0.3) is 6.08 Å². The van der Waals surface area contributed by atoms with Gasteiger partial charge in [-0.05, 0) is 42.0 Å². The van der Waals surface area contributed by atoms with Crippen molar-refractivity contribution in [3.8, 4) is 17.6 Å². The molecule has 1 amide bonds. The second kappa shape index (κ2) is 9.21. The molecule has 27 heavy (non-hydrogen) atoms.